The summed E-state index contributed by atoms with van der Waals surface area (Å²) in [6, 6.07) is 14.3. The minimum absolute atomic E-state index is 0.0974. The van der Waals surface area contributed by atoms with Gasteiger partial charge in [-0.05, 0) is 37.1 Å². The van der Waals surface area contributed by atoms with Crippen LogP contribution >= 0.6 is 0 Å². The van der Waals surface area contributed by atoms with Crippen molar-refractivity contribution in [2.75, 3.05) is 5.32 Å². The van der Waals surface area contributed by atoms with E-state index in [0.717, 1.165) is 12.8 Å². The fourth-order valence-electron chi connectivity index (χ4n) is 2.17. The van der Waals surface area contributed by atoms with E-state index in [1.54, 1.807) is 24.3 Å². The minimum Gasteiger partial charge on any atom is -0.447 e. The van der Waals surface area contributed by atoms with Gasteiger partial charge in [-0.15, -0.1) is 0 Å². The van der Waals surface area contributed by atoms with Crippen LogP contribution in [0.2, 0.25) is 0 Å². The summed E-state index contributed by atoms with van der Waals surface area (Å²) in [4.78, 5) is 24.4. The van der Waals surface area contributed by atoms with E-state index in [9.17, 15) is 14.0 Å². The molecule has 1 fully saturated rings. The minimum atomic E-state index is -1.02. The molecule has 4 nitrogen and oxygen atoms in total. The summed E-state index contributed by atoms with van der Waals surface area (Å²) in [5, 5.41) is 2.65. The van der Waals surface area contributed by atoms with E-state index in [1.165, 1.54) is 24.3 Å². The van der Waals surface area contributed by atoms with Gasteiger partial charge in [-0.2, -0.15) is 0 Å². The fourth-order valence-corrected chi connectivity index (χ4v) is 2.17. The number of anilines is 1. The lowest BCUT2D eigenvalue weighted by atomic mass is 10.1. The lowest BCUT2D eigenvalue weighted by Crippen LogP contribution is -2.26. The molecular weight excluding hydrogens is 297 g/mol. The van der Waals surface area contributed by atoms with Crippen LogP contribution in [0.25, 0.3) is 0 Å². The van der Waals surface area contributed by atoms with Gasteiger partial charge in [0.15, 0.2) is 0 Å². The van der Waals surface area contributed by atoms with Crippen LogP contribution in [-0.4, -0.2) is 11.9 Å². The molecule has 0 radical (unpaired) electrons. The summed E-state index contributed by atoms with van der Waals surface area (Å²) in [6.45, 7) is 0. The molecule has 1 atom stereocenters. The zero-order chi connectivity index (χ0) is 16.2. The Morgan fingerprint density at radius 3 is 2.30 bits per heavy atom. The lowest BCUT2D eigenvalue weighted by Gasteiger charge is -2.18. The summed E-state index contributed by atoms with van der Waals surface area (Å²) in [7, 11) is 0. The van der Waals surface area contributed by atoms with Gasteiger partial charge in [0.25, 0.3) is 5.91 Å². The smallest absolute Gasteiger partial charge is 0.310 e. The van der Waals surface area contributed by atoms with Crippen molar-refractivity contribution in [2.45, 2.75) is 18.9 Å². The van der Waals surface area contributed by atoms with E-state index in [0.29, 0.717) is 11.3 Å². The van der Waals surface area contributed by atoms with E-state index in [4.69, 9.17) is 4.74 Å². The highest BCUT2D eigenvalue weighted by Crippen LogP contribution is 2.32. The molecule has 0 spiro atoms. The van der Waals surface area contributed by atoms with Gasteiger partial charge < -0.3 is 10.1 Å². The topological polar surface area (TPSA) is 55.4 Å². The van der Waals surface area contributed by atoms with E-state index < -0.39 is 12.0 Å². The van der Waals surface area contributed by atoms with Gasteiger partial charge in [0, 0.05) is 11.3 Å². The molecular formula is C18H16FNO3. The van der Waals surface area contributed by atoms with Crippen LogP contribution in [0.1, 0.15) is 24.5 Å². The second kappa shape index (κ2) is 6.60. The normalized spacial score (nSPS) is 14.8. The molecule has 2 aromatic carbocycles. The standard InChI is InChI=1S/C18H16FNO3/c19-14-8-10-15(11-9-14)20-17(21)16(12-4-2-1-3-5-12)23-18(22)13-6-7-13/h1-5,8-11,13,16H,6-7H2,(H,20,21)/t16-/m1/s1. The predicted molar refractivity (Wildman–Crippen MR) is 83.0 cm³/mol. The van der Waals surface area contributed by atoms with Crippen molar-refractivity contribution in [3.63, 3.8) is 0 Å². The van der Waals surface area contributed by atoms with Crippen molar-refractivity contribution >= 4 is 17.6 Å². The van der Waals surface area contributed by atoms with Gasteiger partial charge in [0.2, 0.25) is 6.10 Å². The third kappa shape index (κ3) is 3.94. The van der Waals surface area contributed by atoms with Gasteiger partial charge >= 0.3 is 5.97 Å². The van der Waals surface area contributed by atoms with Crippen molar-refractivity contribution in [2.24, 2.45) is 5.92 Å². The maximum absolute atomic E-state index is 12.9. The van der Waals surface area contributed by atoms with Crippen LogP contribution in [0.5, 0.6) is 0 Å². The Bertz CT molecular complexity index is 696. The largest absolute Gasteiger partial charge is 0.447 e. The maximum Gasteiger partial charge on any atom is 0.310 e. The summed E-state index contributed by atoms with van der Waals surface area (Å²) in [5.41, 5.74) is 1.04. The van der Waals surface area contributed by atoms with Gasteiger partial charge in [0.05, 0.1) is 5.92 Å². The number of amides is 1. The van der Waals surface area contributed by atoms with E-state index in [-0.39, 0.29) is 17.7 Å². The first-order valence-electron chi connectivity index (χ1n) is 7.45. The molecule has 1 saturated carbocycles. The molecule has 3 rings (SSSR count). The molecule has 0 unspecified atom stereocenters. The highest BCUT2D eigenvalue weighted by molar-refractivity contribution is 5.96. The van der Waals surface area contributed by atoms with Crippen molar-refractivity contribution in [1.29, 1.82) is 0 Å². The highest BCUT2D eigenvalue weighted by Gasteiger charge is 2.35. The molecule has 1 amide bonds. The van der Waals surface area contributed by atoms with Crippen LogP contribution in [0.15, 0.2) is 54.6 Å². The number of esters is 1. The SMILES string of the molecule is O=C(O[C@@H](C(=O)Nc1ccc(F)cc1)c1ccccc1)C1CC1. The second-order valence-electron chi connectivity index (χ2n) is 5.50. The van der Waals surface area contributed by atoms with E-state index in [2.05, 4.69) is 5.32 Å². The molecule has 0 heterocycles. The number of hydrogen-bond acceptors (Lipinski definition) is 3. The Kier molecular flexibility index (Phi) is 4.37. The van der Waals surface area contributed by atoms with Crippen molar-refractivity contribution < 1.29 is 18.7 Å². The Balaban J connectivity index is 1.77. The number of halogens is 1. The van der Waals surface area contributed by atoms with Gasteiger partial charge in [-0.1, -0.05) is 30.3 Å². The average Bonchev–Trinajstić information content (AvgIpc) is 3.40. The molecule has 0 aromatic heterocycles. The first-order valence-corrected chi connectivity index (χ1v) is 7.45. The third-order valence-electron chi connectivity index (χ3n) is 3.60. The molecule has 1 N–H and O–H groups in total. The monoisotopic (exact) mass is 313 g/mol. The summed E-state index contributed by atoms with van der Waals surface area (Å²) < 4.78 is 18.3. The van der Waals surface area contributed by atoms with Crippen LogP contribution in [0.4, 0.5) is 10.1 Å². The Morgan fingerprint density at radius 1 is 1.04 bits per heavy atom. The average molecular weight is 313 g/mol. The number of benzene rings is 2. The van der Waals surface area contributed by atoms with E-state index in [1.807, 2.05) is 6.07 Å². The van der Waals surface area contributed by atoms with Gasteiger partial charge in [-0.25, -0.2) is 4.39 Å². The summed E-state index contributed by atoms with van der Waals surface area (Å²) in [6.07, 6.45) is 0.592. The third-order valence-corrected chi connectivity index (χ3v) is 3.60. The Hall–Kier alpha value is -2.69. The Morgan fingerprint density at radius 2 is 1.70 bits per heavy atom. The molecule has 5 heteroatoms. The molecule has 2 aromatic rings. The first kappa shape index (κ1) is 15.2. The first-order chi connectivity index (χ1) is 11.1. The summed E-state index contributed by atoms with van der Waals surface area (Å²) >= 11 is 0. The summed E-state index contributed by atoms with van der Waals surface area (Å²) in [5.74, 6) is -1.30. The predicted octanol–water partition coefficient (Wildman–Crippen LogP) is 3.46. The van der Waals surface area contributed by atoms with Gasteiger partial charge in [0.1, 0.15) is 5.82 Å². The molecule has 0 bridgehead atoms. The second-order valence-corrected chi connectivity index (χ2v) is 5.50. The Labute approximate surface area is 133 Å². The molecule has 23 heavy (non-hydrogen) atoms. The number of nitrogens with one attached hydrogen (secondary N) is 1. The molecule has 0 aliphatic heterocycles. The van der Waals surface area contributed by atoms with E-state index >= 15 is 0 Å². The highest BCUT2D eigenvalue weighted by atomic mass is 19.1. The van der Waals surface area contributed by atoms with Crippen molar-refractivity contribution in [1.82, 2.24) is 0 Å². The maximum atomic E-state index is 12.9. The van der Waals surface area contributed by atoms with Crippen LogP contribution < -0.4 is 5.32 Å². The van der Waals surface area contributed by atoms with Crippen LogP contribution in [-0.2, 0) is 14.3 Å². The molecule has 1 aliphatic carbocycles. The zero-order valence-corrected chi connectivity index (χ0v) is 12.4. The number of hydrogen-bond donors (Lipinski definition) is 1. The van der Waals surface area contributed by atoms with Crippen molar-refractivity contribution in [3.05, 3.63) is 66.0 Å². The number of carbonyl (C=O) groups excluding carboxylic acids is 2. The zero-order valence-electron chi connectivity index (χ0n) is 12.4. The molecule has 0 saturated heterocycles. The fraction of sp³-hybridized carbons (Fsp3) is 0.222. The lowest BCUT2D eigenvalue weighted by molar-refractivity contribution is -0.156. The van der Waals surface area contributed by atoms with Gasteiger partial charge in [-0.3, -0.25) is 9.59 Å². The molecule has 118 valence electrons. The number of carbonyl (C=O) groups is 2. The van der Waals surface area contributed by atoms with Crippen LogP contribution in [0, 0.1) is 11.7 Å². The molecule has 1 aliphatic rings. The number of rotatable bonds is 5. The van der Waals surface area contributed by atoms with Crippen molar-refractivity contribution in [3.8, 4) is 0 Å². The quantitative estimate of drug-likeness (QED) is 0.860. The van der Waals surface area contributed by atoms with Crippen LogP contribution in [0.3, 0.4) is 0 Å². The number of ether oxygens (including phenoxy) is 1.